The van der Waals surface area contributed by atoms with Crippen molar-refractivity contribution in [3.8, 4) is 0 Å². The first-order valence-corrected chi connectivity index (χ1v) is 4.47. The van der Waals surface area contributed by atoms with Gasteiger partial charge >= 0.3 is 5.97 Å². The van der Waals surface area contributed by atoms with Crippen LogP contribution < -0.4 is 0 Å². The molecule has 0 spiro atoms. The highest BCUT2D eigenvalue weighted by Gasteiger charge is 2.29. The number of aliphatic hydroxyl groups is 4. The van der Waals surface area contributed by atoms with Crippen LogP contribution >= 0.6 is 0 Å². The van der Waals surface area contributed by atoms with Gasteiger partial charge in [0.1, 0.15) is 0 Å². The minimum atomic E-state index is -1.74. The molecule has 0 aliphatic heterocycles. The molecule has 2 atom stereocenters. The van der Waals surface area contributed by atoms with Crippen LogP contribution in [0.1, 0.15) is 13.8 Å². The van der Waals surface area contributed by atoms with Gasteiger partial charge in [0.2, 0.25) is 0 Å². The monoisotopic (exact) mass is 223 g/mol. The standard InChI is InChI=1S/C8H17NO6/c1-4(7(12)13)9(3-6(10)11)5(2)8(14)15/h4-5,7-8,12-15H,3H2,1-2H3,(H,10,11). The van der Waals surface area contributed by atoms with Crippen molar-refractivity contribution in [1.29, 1.82) is 0 Å². The highest BCUT2D eigenvalue weighted by molar-refractivity contribution is 5.69. The van der Waals surface area contributed by atoms with Gasteiger partial charge in [-0.25, -0.2) is 0 Å². The van der Waals surface area contributed by atoms with Crippen LogP contribution in [0.4, 0.5) is 0 Å². The maximum Gasteiger partial charge on any atom is 0.317 e. The zero-order chi connectivity index (χ0) is 12.2. The molecule has 0 rings (SSSR count). The summed E-state index contributed by atoms with van der Waals surface area (Å²) in [5, 5.41) is 44.1. The Morgan fingerprint density at radius 2 is 1.40 bits per heavy atom. The van der Waals surface area contributed by atoms with Crippen LogP contribution in [0.3, 0.4) is 0 Å². The molecule has 0 fully saturated rings. The highest BCUT2D eigenvalue weighted by Crippen LogP contribution is 2.10. The van der Waals surface area contributed by atoms with Gasteiger partial charge in [-0.15, -0.1) is 0 Å². The second-order valence-electron chi connectivity index (χ2n) is 3.37. The molecule has 0 saturated heterocycles. The van der Waals surface area contributed by atoms with Crippen molar-refractivity contribution in [1.82, 2.24) is 4.90 Å². The predicted octanol–water partition coefficient (Wildman–Crippen LogP) is -2.23. The number of rotatable bonds is 6. The van der Waals surface area contributed by atoms with Crippen molar-refractivity contribution >= 4 is 5.97 Å². The normalized spacial score (nSPS) is 16.1. The summed E-state index contributed by atoms with van der Waals surface area (Å²) in [5.74, 6) is -1.19. The molecule has 0 radical (unpaired) electrons. The van der Waals surface area contributed by atoms with Crippen LogP contribution in [0.25, 0.3) is 0 Å². The molecule has 0 heterocycles. The molecule has 7 nitrogen and oxygen atoms in total. The molecular weight excluding hydrogens is 206 g/mol. The summed E-state index contributed by atoms with van der Waals surface area (Å²) in [7, 11) is 0. The van der Waals surface area contributed by atoms with E-state index in [9.17, 15) is 4.79 Å². The summed E-state index contributed by atoms with van der Waals surface area (Å²) in [6, 6.07) is -1.81. The van der Waals surface area contributed by atoms with Crippen LogP contribution in [-0.2, 0) is 4.79 Å². The number of carboxylic acid groups (broad SMARTS) is 1. The second-order valence-corrected chi connectivity index (χ2v) is 3.37. The summed E-state index contributed by atoms with van der Waals surface area (Å²) in [6.07, 6.45) is -3.49. The molecule has 0 aromatic rings. The van der Waals surface area contributed by atoms with Crippen LogP contribution in [0.5, 0.6) is 0 Å². The van der Waals surface area contributed by atoms with E-state index in [0.717, 1.165) is 4.90 Å². The largest absolute Gasteiger partial charge is 0.480 e. The van der Waals surface area contributed by atoms with Crippen LogP contribution in [0, 0.1) is 0 Å². The summed E-state index contributed by atoms with van der Waals surface area (Å²) < 4.78 is 0. The number of nitrogens with zero attached hydrogens (tertiary/aromatic N) is 1. The van der Waals surface area contributed by atoms with E-state index in [0.29, 0.717) is 0 Å². The predicted molar refractivity (Wildman–Crippen MR) is 49.7 cm³/mol. The zero-order valence-corrected chi connectivity index (χ0v) is 8.61. The molecule has 0 aliphatic rings. The summed E-state index contributed by atoms with van der Waals surface area (Å²) >= 11 is 0. The Bertz CT molecular complexity index is 193. The molecule has 0 aliphatic carbocycles. The summed E-state index contributed by atoms with van der Waals surface area (Å²) in [4.78, 5) is 11.6. The number of aliphatic carboxylic acids is 1. The lowest BCUT2D eigenvalue weighted by atomic mass is 10.2. The van der Waals surface area contributed by atoms with Gasteiger partial charge < -0.3 is 25.5 Å². The maximum atomic E-state index is 10.5. The highest BCUT2D eigenvalue weighted by atomic mass is 16.5. The minimum Gasteiger partial charge on any atom is -0.480 e. The molecule has 0 aromatic carbocycles. The van der Waals surface area contributed by atoms with Crippen molar-refractivity contribution in [2.24, 2.45) is 0 Å². The van der Waals surface area contributed by atoms with Gasteiger partial charge in [-0.2, -0.15) is 0 Å². The van der Waals surface area contributed by atoms with Crippen molar-refractivity contribution in [3.05, 3.63) is 0 Å². The van der Waals surface area contributed by atoms with Crippen LogP contribution in [-0.4, -0.2) is 67.6 Å². The smallest absolute Gasteiger partial charge is 0.317 e. The van der Waals surface area contributed by atoms with E-state index in [4.69, 9.17) is 25.5 Å². The zero-order valence-electron chi connectivity index (χ0n) is 8.61. The first kappa shape index (κ1) is 14.3. The fraction of sp³-hybridized carbons (Fsp3) is 0.875. The maximum absolute atomic E-state index is 10.5. The lowest BCUT2D eigenvalue weighted by molar-refractivity contribution is -0.158. The van der Waals surface area contributed by atoms with Gasteiger partial charge in [0.15, 0.2) is 12.6 Å². The number of hydrogen-bond acceptors (Lipinski definition) is 6. The van der Waals surface area contributed by atoms with Crippen molar-refractivity contribution in [2.75, 3.05) is 6.54 Å². The molecule has 2 unspecified atom stereocenters. The van der Waals surface area contributed by atoms with Gasteiger partial charge in [0.05, 0.1) is 18.6 Å². The molecule has 0 aromatic heterocycles. The van der Waals surface area contributed by atoms with E-state index in [-0.39, 0.29) is 0 Å². The molecule has 0 saturated carbocycles. The second kappa shape index (κ2) is 5.99. The Balaban J connectivity index is 4.63. The SMILES string of the molecule is CC(C(O)O)N(CC(=O)O)C(C)C(O)O. The van der Waals surface area contributed by atoms with E-state index in [1.807, 2.05) is 0 Å². The average molecular weight is 223 g/mol. The van der Waals surface area contributed by atoms with Gasteiger partial charge in [0, 0.05) is 0 Å². The van der Waals surface area contributed by atoms with Gasteiger partial charge in [0.25, 0.3) is 0 Å². The fourth-order valence-electron chi connectivity index (χ4n) is 1.16. The van der Waals surface area contributed by atoms with Crippen LogP contribution in [0.15, 0.2) is 0 Å². The van der Waals surface area contributed by atoms with Gasteiger partial charge in [-0.3, -0.25) is 9.69 Å². The Morgan fingerprint density at radius 3 is 1.60 bits per heavy atom. The molecule has 0 amide bonds. The summed E-state index contributed by atoms with van der Waals surface area (Å²) in [5.41, 5.74) is 0. The molecule has 7 heteroatoms. The van der Waals surface area contributed by atoms with E-state index in [2.05, 4.69) is 0 Å². The van der Waals surface area contributed by atoms with Crippen molar-refractivity contribution < 1.29 is 30.3 Å². The van der Waals surface area contributed by atoms with E-state index in [1.54, 1.807) is 0 Å². The van der Waals surface area contributed by atoms with E-state index >= 15 is 0 Å². The fourth-order valence-corrected chi connectivity index (χ4v) is 1.16. The number of carboxylic acids is 1. The first-order chi connectivity index (χ1) is 6.77. The third-order valence-corrected chi connectivity index (χ3v) is 2.23. The number of hydrogen-bond donors (Lipinski definition) is 5. The molecule has 5 N–H and O–H groups in total. The topological polar surface area (TPSA) is 121 Å². The quantitative estimate of drug-likeness (QED) is 0.323. The first-order valence-electron chi connectivity index (χ1n) is 4.47. The Morgan fingerprint density at radius 1 is 1.07 bits per heavy atom. The Hall–Kier alpha value is -0.730. The molecule has 0 bridgehead atoms. The van der Waals surface area contributed by atoms with Gasteiger partial charge in [-0.05, 0) is 13.8 Å². The Kier molecular flexibility index (Phi) is 5.69. The Labute approximate surface area is 87.2 Å². The lowest BCUT2D eigenvalue weighted by Crippen LogP contribution is -2.52. The van der Waals surface area contributed by atoms with Crippen LogP contribution in [0.2, 0.25) is 0 Å². The summed E-state index contributed by atoms with van der Waals surface area (Å²) in [6.45, 7) is 2.26. The minimum absolute atomic E-state index is 0.502. The van der Waals surface area contributed by atoms with E-state index < -0.39 is 37.2 Å². The lowest BCUT2D eigenvalue weighted by Gasteiger charge is -2.34. The molecular formula is C8H17NO6. The average Bonchev–Trinajstić information content (AvgIpc) is 2.11. The molecule has 90 valence electrons. The molecule has 15 heavy (non-hydrogen) atoms. The number of aliphatic hydroxyl groups excluding tert-OH is 2. The van der Waals surface area contributed by atoms with Crippen molar-refractivity contribution in [3.63, 3.8) is 0 Å². The third-order valence-electron chi connectivity index (χ3n) is 2.23. The van der Waals surface area contributed by atoms with Crippen molar-refractivity contribution in [2.45, 2.75) is 38.5 Å². The number of carbonyl (C=O) groups is 1. The third kappa shape index (κ3) is 4.54. The van der Waals surface area contributed by atoms with Gasteiger partial charge in [-0.1, -0.05) is 0 Å². The van der Waals surface area contributed by atoms with E-state index in [1.165, 1.54) is 13.8 Å².